The summed E-state index contributed by atoms with van der Waals surface area (Å²) in [5.74, 6) is -3.15. The highest BCUT2D eigenvalue weighted by atomic mass is 16.7. The molecule has 3 unspecified atom stereocenters. The van der Waals surface area contributed by atoms with Crippen LogP contribution in [0.5, 0.6) is 0 Å². The molecule has 1 aromatic carbocycles. The van der Waals surface area contributed by atoms with Gasteiger partial charge in [0.2, 0.25) is 0 Å². The Morgan fingerprint density at radius 1 is 1.00 bits per heavy atom. The molecule has 4 fully saturated rings. The molecule has 0 N–H and O–H groups in total. The molecular formula is C45H68N2O11. The van der Waals surface area contributed by atoms with Gasteiger partial charge in [0.05, 0.1) is 55.1 Å². The minimum atomic E-state index is -1.31. The summed E-state index contributed by atoms with van der Waals surface area (Å²) in [5.41, 5.74) is -0.590. The summed E-state index contributed by atoms with van der Waals surface area (Å²) in [5, 5.41) is 0. The summed E-state index contributed by atoms with van der Waals surface area (Å²) in [6, 6.07) is 9.26. The average molecular weight is 813 g/mol. The van der Waals surface area contributed by atoms with Gasteiger partial charge in [0.1, 0.15) is 11.9 Å². The van der Waals surface area contributed by atoms with Crippen molar-refractivity contribution < 1.29 is 52.3 Å². The van der Waals surface area contributed by atoms with Crippen molar-refractivity contribution >= 4 is 23.8 Å². The first-order chi connectivity index (χ1) is 27.4. The normalized spacial score (nSPS) is 37.9. The minimum Gasteiger partial charge on any atom is -0.458 e. The number of hydrogen-bond donors (Lipinski definition) is 0. The van der Waals surface area contributed by atoms with E-state index in [-0.39, 0.29) is 44.0 Å². The maximum atomic E-state index is 14.9. The van der Waals surface area contributed by atoms with Crippen molar-refractivity contribution in [1.29, 1.82) is 0 Å². The lowest BCUT2D eigenvalue weighted by Gasteiger charge is -2.47. The van der Waals surface area contributed by atoms with Crippen LogP contribution in [0.25, 0.3) is 0 Å². The summed E-state index contributed by atoms with van der Waals surface area (Å²) in [7, 11) is 3.85. The largest absolute Gasteiger partial charge is 0.458 e. The SMILES string of the molecule is C=C1CO[C@@H]2C[C@@H](OC3O[C@H](C)C[C@H](N(C)C)[C@H]3OC(C)=O)[C@](C)(C[C@@H](C)C(=O)[C@H](C)C3N(CCCCc4ccccc4)C(=O)OC3(C)[C@@H](CC)OC(=O)[C@@H]2C)OC1. The summed E-state index contributed by atoms with van der Waals surface area (Å²) in [4.78, 5) is 59.3. The zero-order valence-corrected chi connectivity index (χ0v) is 36.4. The van der Waals surface area contributed by atoms with E-state index in [1.165, 1.54) is 12.5 Å². The highest BCUT2D eigenvalue weighted by molar-refractivity contribution is 5.85. The summed E-state index contributed by atoms with van der Waals surface area (Å²) in [6.45, 7) is 19.2. The van der Waals surface area contributed by atoms with E-state index in [2.05, 4.69) is 18.7 Å². The Morgan fingerprint density at radius 2 is 1.71 bits per heavy atom. The first kappa shape index (κ1) is 45.7. The second-order valence-electron chi connectivity index (χ2n) is 17.8. The number of aryl methyl sites for hydroxylation is 1. The van der Waals surface area contributed by atoms with E-state index in [4.69, 9.17) is 33.2 Å². The smallest absolute Gasteiger partial charge is 0.410 e. The number of rotatable bonds is 10. The number of ketones is 1. The number of likely N-dealkylation sites (N-methyl/N-ethyl adjacent to an activating group) is 1. The van der Waals surface area contributed by atoms with Crippen molar-refractivity contribution in [1.82, 2.24) is 9.80 Å². The number of fused-ring (bicyclic) bond motifs is 4. The van der Waals surface area contributed by atoms with Crippen LogP contribution in [-0.2, 0) is 54.0 Å². The van der Waals surface area contributed by atoms with Crippen molar-refractivity contribution in [3.63, 3.8) is 0 Å². The predicted octanol–water partition coefficient (Wildman–Crippen LogP) is 6.29. The average Bonchev–Trinajstić information content (AvgIpc) is 3.46. The van der Waals surface area contributed by atoms with Crippen LogP contribution >= 0.6 is 0 Å². The van der Waals surface area contributed by atoms with E-state index in [9.17, 15) is 19.2 Å². The second-order valence-corrected chi connectivity index (χ2v) is 17.8. The van der Waals surface area contributed by atoms with Crippen LogP contribution in [0.4, 0.5) is 4.79 Å². The molecule has 4 aliphatic rings. The number of Topliss-reactive ketones (excluding diaryl/α,β-unsaturated/α-hetero) is 1. The molecule has 58 heavy (non-hydrogen) atoms. The molecule has 13 heteroatoms. The zero-order valence-electron chi connectivity index (χ0n) is 36.4. The molecule has 4 heterocycles. The molecule has 2 bridgehead atoms. The van der Waals surface area contributed by atoms with Crippen LogP contribution in [0.15, 0.2) is 42.5 Å². The van der Waals surface area contributed by atoms with Crippen LogP contribution in [0, 0.1) is 17.8 Å². The summed E-state index contributed by atoms with van der Waals surface area (Å²) < 4.78 is 45.0. The maximum absolute atomic E-state index is 14.9. The Hall–Kier alpha value is -3.36. The van der Waals surface area contributed by atoms with Gasteiger partial charge in [-0.3, -0.25) is 14.4 Å². The van der Waals surface area contributed by atoms with Crippen LogP contribution in [-0.4, -0.2) is 128 Å². The van der Waals surface area contributed by atoms with Gasteiger partial charge in [-0.25, -0.2) is 4.79 Å². The monoisotopic (exact) mass is 812 g/mol. The highest BCUT2D eigenvalue weighted by Gasteiger charge is 2.60. The lowest BCUT2D eigenvalue weighted by molar-refractivity contribution is -0.296. The zero-order chi connectivity index (χ0) is 42.5. The second kappa shape index (κ2) is 19.4. The van der Waals surface area contributed by atoms with E-state index in [0.717, 1.165) is 12.8 Å². The minimum absolute atomic E-state index is 0.0847. The van der Waals surface area contributed by atoms with Crippen molar-refractivity contribution in [2.75, 3.05) is 33.9 Å². The fraction of sp³-hybridized carbons (Fsp3) is 0.733. The van der Waals surface area contributed by atoms with E-state index >= 15 is 0 Å². The van der Waals surface area contributed by atoms with Gasteiger partial charge in [0, 0.05) is 31.7 Å². The van der Waals surface area contributed by atoms with E-state index in [1.807, 2.05) is 71.8 Å². The molecule has 0 radical (unpaired) electrons. The molecule has 4 saturated heterocycles. The fourth-order valence-corrected chi connectivity index (χ4v) is 9.57. The Morgan fingerprint density at radius 3 is 2.36 bits per heavy atom. The van der Waals surface area contributed by atoms with Crippen molar-refractivity contribution in [2.24, 2.45) is 17.8 Å². The Balaban J connectivity index is 1.54. The van der Waals surface area contributed by atoms with Crippen molar-refractivity contribution in [3.8, 4) is 0 Å². The molecule has 4 aliphatic heterocycles. The van der Waals surface area contributed by atoms with E-state index < -0.39 is 83.7 Å². The molecule has 1 amide bonds. The number of esters is 2. The van der Waals surface area contributed by atoms with Crippen LogP contribution in [0.1, 0.15) is 99.5 Å². The molecule has 13 nitrogen and oxygen atoms in total. The number of amides is 1. The van der Waals surface area contributed by atoms with E-state index in [0.29, 0.717) is 31.4 Å². The molecule has 0 saturated carbocycles. The number of hydrogen-bond acceptors (Lipinski definition) is 12. The summed E-state index contributed by atoms with van der Waals surface area (Å²) in [6.07, 6.45) is -1.21. The van der Waals surface area contributed by atoms with Gasteiger partial charge in [-0.2, -0.15) is 0 Å². The van der Waals surface area contributed by atoms with Gasteiger partial charge >= 0.3 is 18.0 Å². The number of ether oxygens (including phenoxy) is 7. The van der Waals surface area contributed by atoms with Gasteiger partial charge in [0.25, 0.3) is 0 Å². The quantitative estimate of drug-likeness (QED) is 0.114. The highest BCUT2D eigenvalue weighted by Crippen LogP contribution is 2.43. The number of cyclic esters (lactones) is 1. The van der Waals surface area contributed by atoms with Crippen LogP contribution < -0.4 is 0 Å². The van der Waals surface area contributed by atoms with Crippen molar-refractivity contribution in [2.45, 2.75) is 160 Å². The first-order valence-electron chi connectivity index (χ1n) is 21.2. The summed E-state index contributed by atoms with van der Waals surface area (Å²) >= 11 is 0. The lowest BCUT2D eigenvalue weighted by Crippen LogP contribution is -2.60. The van der Waals surface area contributed by atoms with Gasteiger partial charge in [-0.15, -0.1) is 0 Å². The standard InChI is InChI=1S/C45H68N2O11/c1-12-36-45(9)40(47(43(51)58-45)21-17-16-20-33-18-14-13-15-19-33)31(6)38(49)28(3)24-44(8)37(23-35(30(5)41(50)56-36)52-25-27(2)26-53-44)57-42-39(55-32(7)48)34(46(10)11)22-29(4)54-42/h13-15,18-19,28-31,34-37,39-40,42H,2,12,16-17,20-26H2,1,3-11H3/t28-,29-,30-,31+,34+,35-,36-,37-,39-,40?,42?,44+,45?/m1/s1. The molecule has 0 spiro atoms. The molecule has 1 aromatic rings. The van der Waals surface area contributed by atoms with Gasteiger partial charge in [-0.1, -0.05) is 57.7 Å². The molecule has 324 valence electrons. The number of nitrogens with zero attached hydrogens (tertiary/aromatic N) is 2. The third kappa shape index (κ3) is 10.3. The third-order valence-corrected chi connectivity index (χ3v) is 12.8. The topological polar surface area (TPSA) is 139 Å². The number of unbranched alkanes of at least 4 members (excludes halogenated alkanes) is 1. The molecular weight excluding hydrogens is 744 g/mol. The Labute approximate surface area is 345 Å². The number of carbonyl (C=O) groups excluding carboxylic acids is 4. The van der Waals surface area contributed by atoms with Crippen molar-refractivity contribution in [3.05, 3.63) is 48.0 Å². The molecule has 5 rings (SSSR count). The predicted molar refractivity (Wildman–Crippen MR) is 217 cm³/mol. The Kier molecular flexibility index (Phi) is 15.3. The third-order valence-electron chi connectivity index (χ3n) is 12.8. The van der Waals surface area contributed by atoms with Gasteiger partial charge in [0.15, 0.2) is 18.0 Å². The molecule has 13 atom stereocenters. The lowest BCUT2D eigenvalue weighted by atomic mass is 9.74. The maximum Gasteiger partial charge on any atom is 0.410 e. The first-order valence-corrected chi connectivity index (χ1v) is 21.2. The fourth-order valence-electron chi connectivity index (χ4n) is 9.57. The van der Waals surface area contributed by atoms with E-state index in [1.54, 1.807) is 18.7 Å². The van der Waals surface area contributed by atoms with Crippen LogP contribution in [0.3, 0.4) is 0 Å². The molecule has 0 aromatic heterocycles. The number of carbonyl (C=O) groups is 4. The van der Waals surface area contributed by atoms with Gasteiger partial charge < -0.3 is 43.0 Å². The Bertz CT molecular complexity index is 1610. The number of benzene rings is 1. The molecule has 0 aliphatic carbocycles. The van der Waals surface area contributed by atoms with Crippen LogP contribution in [0.2, 0.25) is 0 Å². The van der Waals surface area contributed by atoms with Gasteiger partial charge in [-0.05, 0) is 91.5 Å².